The van der Waals surface area contributed by atoms with Crippen molar-refractivity contribution in [2.24, 2.45) is 0 Å². The predicted octanol–water partition coefficient (Wildman–Crippen LogP) is 9.06. The normalized spacial score (nSPS) is 11.3. The zero-order chi connectivity index (χ0) is 21.0. The molecule has 0 radical (unpaired) electrons. The maximum absolute atomic E-state index is 2.45. The first kappa shape index (κ1) is 19.6. The molecule has 0 aromatic heterocycles. The molecule has 5 rings (SSSR count). The summed E-state index contributed by atoms with van der Waals surface area (Å²) in [5.41, 5.74) is 6.69. The fourth-order valence-corrected chi connectivity index (χ4v) is 4.79. The molecule has 0 saturated carbocycles. The van der Waals surface area contributed by atoms with Crippen molar-refractivity contribution in [1.82, 2.24) is 0 Å². The molecule has 0 nitrogen and oxygen atoms in total. The average molecular weight is 401 g/mol. The van der Waals surface area contributed by atoms with Crippen LogP contribution in [0.15, 0.2) is 103 Å². The van der Waals surface area contributed by atoms with Crippen molar-refractivity contribution in [3.63, 3.8) is 0 Å². The van der Waals surface area contributed by atoms with Crippen molar-refractivity contribution in [3.8, 4) is 22.3 Å². The van der Waals surface area contributed by atoms with Crippen LogP contribution in [0.25, 0.3) is 43.8 Å². The van der Waals surface area contributed by atoms with Gasteiger partial charge in [-0.05, 0) is 62.2 Å². The Morgan fingerprint density at radius 3 is 1.58 bits per heavy atom. The zero-order valence-corrected chi connectivity index (χ0v) is 18.1. The summed E-state index contributed by atoms with van der Waals surface area (Å²) in [4.78, 5) is 0. The van der Waals surface area contributed by atoms with Gasteiger partial charge in [0.25, 0.3) is 0 Å². The number of hydrogen-bond acceptors (Lipinski definition) is 0. The molecular weight excluding hydrogens is 372 g/mol. The molecule has 0 saturated heterocycles. The van der Waals surface area contributed by atoms with E-state index in [9.17, 15) is 0 Å². The van der Waals surface area contributed by atoms with Gasteiger partial charge in [-0.1, -0.05) is 123 Å². The van der Waals surface area contributed by atoms with Gasteiger partial charge in [0.1, 0.15) is 0 Å². The lowest BCUT2D eigenvalue weighted by Crippen LogP contribution is -1.93. The Morgan fingerprint density at radius 1 is 0.484 bits per heavy atom. The summed E-state index contributed by atoms with van der Waals surface area (Å²) < 4.78 is 0. The average Bonchev–Trinajstić information content (AvgIpc) is 2.83. The Labute approximate surface area is 185 Å². The van der Waals surface area contributed by atoms with Crippen LogP contribution in [-0.2, 0) is 6.42 Å². The molecule has 0 unspecified atom stereocenters. The van der Waals surface area contributed by atoms with Crippen LogP contribution >= 0.6 is 0 Å². The molecule has 5 aromatic carbocycles. The zero-order valence-electron chi connectivity index (χ0n) is 18.1. The summed E-state index contributed by atoms with van der Waals surface area (Å²) in [7, 11) is 0. The molecule has 0 heterocycles. The minimum absolute atomic E-state index is 1.14. The molecule has 5 aromatic rings. The Morgan fingerprint density at radius 2 is 1.00 bits per heavy atom. The molecule has 0 amide bonds. The fraction of sp³-hybridized carbons (Fsp3) is 0.161. The van der Waals surface area contributed by atoms with Gasteiger partial charge in [0.2, 0.25) is 0 Å². The van der Waals surface area contributed by atoms with Crippen LogP contribution in [0.1, 0.15) is 31.7 Å². The van der Waals surface area contributed by atoms with Gasteiger partial charge >= 0.3 is 0 Å². The Balaban J connectivity index is 1.87. The van der Waals surface area contributed by atoms with E-state index in [2.05, 4.69) is 110 Å². The second kappa shape index (κ2) is 8.78. The van der Waals surface area contributed by atoms with Gasteiger partial charge in [-0.2, -0.15) is 0 Å². The first-order valence-electron chi connectivity index (χ1n) is 11.4. The topological polar surface area (TPSA) is 0 Å². The molecule has 0 heteroatoms. The molecule has 0 fully saturated rings. The third-order valence-electron chi connectivity index (χ3n) is 6.28. The molecule has 0 atom stereocenters. The predicted molar refractivity (Wildman–Crippen MR) is 136 cm³/mol. The van der Waals surface area contributed by atoms with Crippen LogP contribution in [0.3, 0.4) is 0 Å². The highest BCUT2D eigenvalue weighted by Gasteiger charge is 2.16. The minimum atomic E-state index is 1.14. The SMILES string of the molecule is CCCCCc1ccc2c(-c3ccccc3)c3ccccc3c(-c3ccccc3)c2c1. The van der Waals surface area contributed by atoms with Crippen LogP contribution in [0.2, 0.25) is 0 Å². The minimum Gasteiger partial charge on any atom is -0.0654 e. The number of aryl methyl sites for hydroxylation is 1. The van der Waals surface area contributed by atoms with Gasteiger partial charge in [-0.15, -0.1) is 0 Å². The molecule has 0 N–H and O–H groups in total. The first-order chi connectivity index (χ1) is 15.4. The maximum atomic E-state index is 2.45. The van der Waals surface area contributed by atoms with Crippen molar-refractivity contribution in [1.29, 1.82) is 0 Å². The van der Waals surface area contributed by atoms with Crippen molar-refractivity contribution < 1.29 is 0 Å². The van der Waals surface area contributed by atoms with Crippen molar-refractivity contribution in [3.05, 3.63) is 109 Å². The van der Waals surface area contributed by atoms with Crippen LogP contribution < -0.4 is 0 Å². The number of unbranched alkanes of at least 4 members (excludes halogenated alkanes) is 2. The standard InChI is InChI=1S/C31H28/c1-2-3-6-13-23-20-21-28-29(22-23)31(25-16-9-5-10-17-25)27-19-12-11-18-26(27)30(28)24-14-7-4-8-15-24/h4-5,7-12,14-22H,2-3,6,13H2,1H3. The van der Waals surface area contributed by atoms with Gasteiger partial charge in [0, 0.05) is 0 Å². The van der Waals surface area contributed by atoms with Gasteiger partial charge < -0.3 is 0 Å². The van der Waals surface area contributed by atoms with Crippen LogP contribution in [-0.4, -0.2) is 0 Å². The third kappa shape index (κ3) is 3.75. The highest BCUT2D eigenvalue weighted by Crippen LogP contribution is 2.43. The van der Waals surface area contributed by atoms with Crippen LogP contribution in [0.4, 0.5) is 0 Å². The summed E-state index contributed by atoms with van der Waals surface area (Å²) in [6, 6.07) is 37.8. The van der Waals surface area contributed by atoms with E-state index in [0.717, 1.165) is 6.42 Å². The lowest BCUT2D eigenvalue weighted by atomic mass is 9.85. The molecule has 0 bridgehead atoms. The first-order valence-corrected chi connectivity index (χ1v) is 11.4. The molecule has 0 aliphatic rings. The molecular formula is C31H28. The van der Waals surface area contributed by atoms with Crippen LogP contribution in [0, 0.1) is 0 Å². The third-order valence-corrected chi connectivity index (χ3v) is 6.28. The van der Waals surface area contributed by atoms with Crippen molar-refractivity contribution in [2.45, 2.75) is 32.6 Å². The Hall–Kier alpha value is -3.38. The van der Waals surface area contributed by atoms with Crippen molar-refractivity contribution in [2.75, 3.05) is 0 Å². The number of fused-ring (bicyclic) bond motifs is 2. The molecule has 31 heavy (non-hydrogen) atoms. The lowest BCUT2D eigenvalue weighted by molar-refractivity contribution is 0.718. The Kier molecular flexibility index (Phi) is 5.54. The molecule has 0 spiro atoms. The van der Waals surface area contributed by atoms with E-state index >= 15 is 0 Å². The highest BCUT2D eigenvalue weighted by atomic mass is 14.2. The monoisotopic (exact) mass is 400 g/mol. The van der Waals surface area contributed by atoms with E-state index in [-0.39, 0.29) is 0 Å². The quantitative estimate of drug-likeness (QED) is 0.197. The largest absolute Gasteiger partial charge is 0.0654 e. The molecule has 0 aliphatic heterocycles. The van der Waals surface area contributed by atoms with E-state index in [1.54, 1.807) is 0 Å². The summed E-state index contributed by atoms with van der Waals surface area (Å²) in [5.74, 6) is 0. The lowest BCUT2D eigenvalue weighted by Gasteiger charge is -2.18. The molecule has 0 aliphatic carbocycles. The smallest absolute Gasteiger partial charge is 0.00263 e. The molecule has 152 valence electrons. The van der Waals surface area contributed by atoms with Crippen LogP contribution in [0.5, 0.6) is 0 Å². The van der Waals surface area contributed by atoms with E-state index in [1.807, 2.05) is 0 Å². The van der Waals surface area contributed by atoms with Gasteiger partial charge in [0.05, 0.1) is 0 Å². The highest BCUT2D eigenvalue weighted by molar-refractivity contribution is 6.21. The van der Waals surface area contributed by atoms with Gasteiger partial charge in [-0.25, -0.2) is 0 Å². The number of hydrogen-bond donors (Lipinski definition) is 0. The number of benzene rings is 5. The fourth-order valence-electron chi connectivity index (χ4n) is 4.79. The maximum Gasteiger partial charge on any atom is -0.00263 e. The summed E-state index contributed by atoms with van der Waals surface area (Å²) in [5, 5.41) is 5.34. The second-order valence-electron chi connectivity index (χ2n) is 8.36. The van der Waals surface area contributed by atoms with Crippen molar-refractivity contribution >= 4 is 21.5 Å². The summed E-state index contributed by atoms with van der Waals surface area (Å²) in [6.45, 7) is 2.27. The van der Waals surface area contributed by atoms with Gasteiger partial charge in [-0.3, -0.25) is 0 Å². The summed E-state index contributed by atoms with van der Waals surface area (Å²) in [6.07, 6.45) is 4.94. The van der Waals surface area contributed by atoms with Gasteiger partial charge in [0.15, 0.2) is 0 Å². The van der Waals surface area contributed by atoms with E-state index in [4.69, 9.17) is 0 Å². The van der Waals surface area contributed by atoms with E-state index < -0.39 is 0 Å². The number of rotatable bonds is 6. The summed E-state index contributed by atoms with van der Waals surface area (Å²) >= 11 is 0. The van der Waals surface area contributed by atoms with E-state index in [0.29, 0.717) is 0 Å². The Bertz CT molecular complexity index is 1310. The second-order valence-corrected chi connectivity index (χ2v) is 8.36. The van der Waals surface area contributed by atoms with E-state index in [1.165, 1.54) is 68.6 Å².